The van der Waals surface area contributed by atoms with Crippen molar-refractivity contribution in [1.29, 1.82) is 0 Å². The van der Waals surface area contributed by atoms with E-state index in [0.29, 0.717) is 0 Å². The first-order valence-electron chi connectivity index (χ1n) is 2.79. The van der Waals surface area contributed by atoms with Gasteiger partial charge in [-0.2, -0.15) is 5.48 Å². The Hall–Kier alpha value is -0.160. The molecule has 4 heteroatoms. The summed E-state index contributed by atoms with van der Waals surface area (Å²) in [5.41, 5.74) is 0.293. The van der Waals surface area contributed by atoms with Crippen LogP contribution >= 0.6 is 0 Å². The van der Waals surface area contributed by atoms with E-state index in [1.807, 2.05) is 0 Å². The van der Waals surface area contributed by atoms with Gasteiger partial charge in [0.15, 0.2) is 0 Å². The fraction of sp³-hybridized carbons (Fsp3) is 1.00. The molecule has 0 bridgehead atoms. The van der Waals surface area contributed by atoms with Crippen LogP contribution in [0.25, 0.3) is 0 Å². The second kappa shape index (κ2) is 3.12. The van der Waals surface area contributed by atoms with Crippen LogP contribution in [-0.4, -0.2) is 27.8 Å². The molecular formula is C5H13NO3. The Kier molecular flexibility index (Phi) is 3.07. The highest BCUT2D eigenvalue weighted by molar-refractivity contribution is 4.71. The van der Waals surface area contributed by atoms with Crippen LogP contribution in [0.4, 0.5) is 0 Å². The quantitative estimate of drug-likeness (QED) is 0.305. The fourth-order valence-corrected chi connectivity index (χ4v) is 0.288. The number of aliphatic hydroxyl groups excluding tert-OH is 1. The summed E-state index contributed by atoms with van der Waals surface area (Å²) in [7, 11) is 0. The molecule has 4 nitrogen and oxygen atoms in total. The maximum absolute atomic E-state index is 9.07. The van der Waals surface area contributed by atoms with Gasteiger partial charge in [-0.1, -0.05) is 6.92 Å². The van der Waals surface area contributed by atoms with Gasteiger partial charge in [0.05, 0.1) is 0 Å². The summed E-state index contributed by atoms with van der Waals surface area (Å²) in [6.07, 6.45) is 0. The Balaban J connectivity index is 3.80. The maximum atomic E-state index is 9.07. The van der Waals surface area contributed by atoms with Crippen molar-refractivity contribution in [3.8, 4) is 0 Å². The Morgan fingerprint density at radius 3 is 2.22 bits per heavy atom. The first-order valence-corrected chi connectivity index (χ1v) is 2.79. The van der Waals surface area contributed by atoms with Gasteiger partial charge in [0.25, 0.3) is 0 Å². The predicted octanol–water partition coefficient (Wildman–Crippen LogP) is -0.698. The predicted molar refractivity (Wildman–Crippen MR) is 31.8 cm³/mol. The minimum absolute atomic E-state index is 0.166. The lowest BCUT2D eigenvalue weighted by atomic mass is 10.0. The van der Waals surface area contributed by atoms with Gasteiger partial charge in [0.2, 0.25) is 0 Å². The van der Waals surface area contributed by atoms with E-state index in [-0.39, 0.29) is 12.5 Å². The average Bonchev–Trinajstić information content (AvgIpc) is 1.86. The molecule has 0 spiro atoms. The van der Waals surface area contributed by atoms with Crippen LogP contribution in [0, 0.1) is 5.92 Å². The van der Waals surface area contributed by atoms with Crippen molar-refractivity contribution >= 4 is 0 Å². The van der Waals surface area contributed by atoms with E-state index in [9.17, 15) is 0 Å². The molecule has 9 heavy (non-hydrogen) atoms. The van der Waals surface area contributed by atoms with Gasteiger partial charge in [-0.3, -0.25) is 0 Å². The summed E-state index contributed by atoms with van der Waals surface area (Å²) < 4.78 is 0. The van der Waals surface area contributed by atoms with Crippen LogP contribution in [-0.2, 0) is 0 Å². The number of nitrogens with one attached hydrogen (secondary N) is 1. The number of aliphatic hydroxyl groups is 2. The van der Waals surface area contributed by atoms with Crippen molar-refractivity contribution in [3.63, 3.8) is 0 Å². The van der Waals surface area contributed by atoms with E-state index in [1.54, 1.807) is 12.4 Å². The third-order valence-corrected chi connectivity index (χ3v) is 1.46. The minimum atomic E-state index is -1.39. The molecule has 2 atom stereocenters. The molecule has 0 fully saturated rings. The lowest BCUT2D eigenvalue weighted by molar-refractivity contribution is -0.123. The van der Waals surface area contributed by atoms with Gasteiger partial charge in [-0.05, 0) is 6.92 Å². The van der Waals surface area contributed by atoms with E-state index in [4.69, 9.17) is 15.4 Å². The molecule has 0 aliphatic rings. The van der Waals surface area contributed by atoms with Crippen molar-refractivity contribution in [2.45, 2.75) is 19.6 Å². The van der Waals surface area contributed by atoms with Crippen LogP contribution in [0.3, 0.4) is 0 Å². The molecule has 0 aliphatic carbocycles. The molecule has 2 unspecified atom stereocenters. The highest BCUT2D eigenvalue weighted by Gasteiger charge is 2.26. The third-order valence-electron chi connectivity index (χ3n) is 1.46. The van der Waals surface area contributed by atoms with Crippen molar-refractivity contribution in [2.75, 3.05) is 6.61 Å². The highest BCUT2D eigenvalue weighted by Crippen LogP contribution is 2.10. The third kappa shape index (κ3) is 2.28. The fourth-order valence-electron chi connectivity index (χ4n) is 0.288. The number of hydrogen-bond donors (Lipinski definition) is 4. The van der Waals surface area contributed by atoms with Crippen LogP contribution < -0.4 is 5.48 Å². The second-order valence-electron chi connectivity index (χ2n) is 2.34. The van der Waals surface area contributed by atoms with Gasteiger partial charge in [-0.25, -0.2) is 0 Å². The molecule has 0 rings (SSSR count). The largest absolute Gasteiger partial charge is 0.396 e. The summed E-state index contributed by atoms with van der Waals surface area (Å²) in [6.45, 7) is 2.83. The van der Waals surface area contributed by atoms with Crippen molar-refractivity contribution in [2.24, 2.45) is 5.92 Å². The van der Waals surface area contributed by atoms with Crippen LogP contribution in [0.15, 0.2) is 0 Å². The summed E-state index contributed by atoms with van der Waals surface area (Å²) >= 11 is 0. The molecule has 0 saturated carbocycles. The monoisotopic (exact) mass is 135 g/mol. The highest BCUT2D eigenvalue weighted by atomic mass is 16.5. The summed E-state index contributed by atoms with van der Waals surface area (Å²) in [4.78, 5) is 0. The zero-order valence-electron chi connectivity index (χ0n) is 5.63. The smallest absolute Gasteiger partial charge is 0.139 e. The van der Waals surface area contributed by atoms with Gasteiger partial charge >= 0.3 is 0 Å². The normalized spacial score (nSPS) is 21.0. The molecule has 0 heterocycles. The van der Waals surface area contributed by atoms with Crippen molar-refractivity contribution in [3.05, 3.63) is 0 Å². The van der Waals surface area contributed by atoms with Gasteiger partial charge in [0.1, 0.15) is 5.72 Å². The van der Waals surface area contributed by atoms with Gasteiger partial charge < -0.3 is 15.4 Å². The molecule has 0 aliphatic heterocycles. The van der Waals surface area contributed by atoms with Crippen LogP contribution in [0.1, 0.15) is 13.8 Å². The van der Waals surface area contributed by atoms with E-state index >= 15 is 0 Å². The Morgan fingerprint density at radius 2 is 2.11 bits per heavy atom. The molecule has 4 N–H and O–H groups in total. The molecule has 56 valence electrons. The summed E-state index contributed by atoms with van der Waals surface area (Å²) in [6, 6.07) is 0. The lowest BCUT2D eigenvalue weighted by Gasteiger charge is -2.26. The molecule has 0 amide bonds. The average molecular weight is 135 g/mol. The summed E-state index contributed by atoms with van der Waals surface area (Å²) in [5, 5.41) is 25.8. The Labute approximate surface area is 54.1 Å². The molecule has 0 aromatic heterocycles. The zero-order valence-corrected chi connectivity index (χ0v) is 5.63. The summed E-state index contributed by atoms with van der Waals surface area (Å²) in [5.74, 6) is -0.387. The van der Waals surface area contributed by atoms with Crippen molar-refractivity contribution < 1.29 is 15.4 Å². The molecule has 0 aromatic carbocycles. The van der Waals surface area contributed by atoms with Crippen LogP contribution in [0.2, 0.25) is 0 Å². The van der Waals surface area contributed by atoms with Crippen LogP contribution in [0.5, 0.6) is 0 Å². The number of hydroxylamine groups is 1. The van der Waals surface area contributed by atoms with E-state index < -0.39 is 5.72 Å². The minimum Gasteiger partial charge on any atom is -0.396 e. The Bertz CT molecular complexity index is 84.3. The maximum Gasteiger partial charge on any atom is 0.139 e. The standard InChI is InChI=1S/C5H13NO3/c1-4(3-7)5(2,8)6-9/h4,6-9H,3H2,1-2H3. The second-order valence-corrected chi connectivity index (χ2v) is 2.34. The van der Waals surface area contributed by atoms with E-state index in [1.165, 1.54) is 6.92 Å². The topological polar surface area (TPSA) is 72.7 Å². The van der Waals surface area contributed by atoms with Crippen molar-refractivity contribution in [1.82, 2.24) is 5.48 Å². The van der Waals surface area contributed by atoms with E-state index in [2.05, 4.69) is 0 Å². The molecule has 0 aromatic rings. The molecule has 0 saturated heterocycles. The lowest BCUT2D eigenvalue weighted by Crippen LogP contribution is -2.47. The van der Waals surface area contributed by atoms with Gasteiger partial charge in [0, 0.05) is 12.5 Å². The van der Waals surface area contributed by atoms with E-state index in [0.717, 1.165) is 0 Å². The number of rotatable bonds is 3. The Morgan fingerprint density at radius 1 is 1.67 bits per heavy atom. The zero-order chi connectivity index (χ0) is 7.49. The number of hydrogen-bond acceptors (Lipinski definition) is 4. The SMILES string of the molecule is CC(CO)C(C)(O)NO. The first kappa shape index (κ1) is 8.84. The first-order chi connectivity index (χ1) is 4.04. The molecule has 0 radical (unpaired) electrons. The van der Waals surface area contributed by atoms with Gasteiger partial charge in [-0.15, -0.1) is 0 Å². The molecular weight excluding hydrogens is 122 g/mol.